The second kappa shape index (κ2) is 10.5. The first-order valence-corrected chi connectivity index (χ1v) is 8.17. The number of nitrogens with one attached hydrogen (secondary N) is 2. The molecule has 1 fully saturated rings. The molecule has 7 heteroatoms. The molecule has 2 rings (SSSR count). The average molecular weight is 448 g/mol. The number of piperidine rings is 1. The highest BCUT2D eigenvalue weighted by Crippen LogP contribution is 2.15. The predicted octanol–water partition coefficient (Wildman–Crippen LogP) is 3.08. The molecular weight excluding hydrogens is 422 g/mol. The summed E-state index contributed by atoms with van der Waals surface area (Å²) in [4.78, 5) is 18.6. The largest absolute Gasteiger partial charge is 0.357 e. The van der Waals surface area contributed by atoms with Crippen LogP contribution in [0.25, 0.3) is 0 Å². The van der Waals surface area contributed by atoms with Crippen molar-refractivity contribution < 1.29 is 9.18 Å². The lowest BCUT2D eigenvalue weighted by atomic mass is 10.0. The Labute approximate surface area is 160 Å². The third-order valence-corrected chi connectivity index (χ3v) is 3.77. The molecule has 1 saturated heterocycles. The molecule has 1 atom stereocenters. The Hall–Kier alpha value is -1.38. The highest BCUT2D eigenvalue weighted by Gasteiger charge is 2.19. The monoisotopic (exact) mass is 448 g/mol. The summed E-state index contributed by atoms with van der Waals surface area (Å²) in [5, 5.41) is 5.90. The maximum atomic E-state index is 13.1. The molecule has 0 saturated carbocycles. The molecule has 134 valence electrons. The van der Waals surface area contributed by atoms with Gasteiger partial charge in [0.1, 0.15) is 12.4 Å². The minimum atomic E-state index is -0.373. The normalized spacial score (nSPS) is 17.9. The van der Waals surface area contributed by atoms with Crippen molar-refractivity contribution in [1.82, 2.24) is 10.2 Å². The maximum absolute atomic E-state index is 13.1. The number of rotatable bonds is 4. The summed E-state index contributed by atoms with van der Waals surface area (Å²) in [6, 6.07) is 5.85. The molecule has 1 aromatic carbocycles. The van der Waals surface area contributed by atoms with Gasteiger partial charge in [-0.05, 0) is 43.9 Å². The molecule has 1 aliphatic rings. The lowest BCUT2D eigenvalue weighted by molar-refractivity contribution is -0.114. The average Bonchev–Trinajstić information content (AvgIpc) is 2.51. The molecule has 1 aliphatic heterocycles. The lowest BCUT2D eigenvalue weighted by Crippen LogP contribution is -2.46. The fourth-order valence-corrected chi connectivity index (χ4v) is 2.72. The fraction of sp³-hybridized carbons (Fsp3) is 0.529. The van der Waals surface area contributed by atoms with Crippen LogP contribution in [-0.2, 0) is 4.79 Å². The van der Waals surface area contributed by atoms with E-state index in [0.717, 1.165) is 32.0 Å². The van der Waals surface area contributed by atoms with Gasteiger partial charge in [-0.3, -0.25) is 4.79 Å². The van der Waals surface area contributed by atoms with Crippen molar-refractivity contribution in [2.24, 2.45) is 10.9 Å². The topological polar surface area (TPSA) is 56.7 Å². The van der Waals surface area contributed by atoms with Gasteiger partial charge in [0.25, 0.3) is 0 Å². The van der Waals surface area contributed by atoms with Gasteiger partial charge in [-0.15, -0.1) is 24.0 Å². The SMILES string of the molecule is CCNC(=NCC(=O)Nc1cccc(F)c1)N1CCCC(C)C1.I. The molecule has 24 heavy (non-hydrogen) atoms. The van der Waals surface area contributed by atoms with Crippen LogP contribution < -0.4 is 10.6 Å². The van der Waals surface area contributed by atoms with E-state index in [9.17, 15) is 9.18 Å². The summed E-state index contributed by atoms with van der Waals surface area (Å²) in [5.74, 6) is 0.778. The van der Waals surface area contributed by atoms with Crippen molar-refractivity contribution in [3.63, 3.8) is 0 Å². The van der Waals surface area contributed by atoms with Crippen LogP contribution >= 0.6 is 24.0 Å². The second-order valence-electron chi connectivity index (χ2n) is 5.92. The van der Waals surface area contributed by atoms with Crippen LogP contribution in [0.2, 0.25) is 0 Å². The maximum Gasteiger partial charge on any atom is 0.246 e. The van der Waals surface area contributed by atoms with Crippen LogP contribution in [-0.4, -0.2) is 42.9 Å². The second-order valence-corrected chi connectivity index (χ2v) is 5.92. The Morgan fingerprint density at radius 1 is 1.46 bits per heavy atom. The van der Waals surface area contributed by atoms with Crippen LogP contribution in [0.4, 0.5) is 10.1 Å². The summed E-state index contributed by atoms with van der Waals surface area (Å²) in [6.07, 6.45) is 2.37. The number of carbonyl (C=O) groups excluding carboxylic acids is 1. The van der Waals surface area contributed by atoms with Crippen LogP contribution in [0.3, 0.4) is 0 Å². The lowest BCUT2D eigenvalue weighted by Gasteiger charge is -2.33. The van der Waals surface area contributed by atoms with Gasteiger partial charge in [-0.25, -0.2) is 9.38 Å². The Kier molecular flexibility index (Phi) is 9.02. The van der Waals surface area contributed by atoms with E-state index in [2.05, 4.69) is 27.4 Å². The number of hydrogen-bond donors (Lipinski definition) is 2. The first kappa shape index (κ1) is 20.7. The molecule has 0 aliphatic carbocycles. The van der Waals surface area contributed by atoms with Gasteiger partial charge in [-0.2, -0.15) is 0 Å². The summed E-state index contributed by atoms with van der Waals surface area (Å²) >= 11 is 0. The van der Waals surface area contributed by atoms with Crippen molar-refractivity contribution >= 4 is 41.5 Å². The number of hydrogen-bond acceptors (Lipinski definition) is 2. The first-order valence-electron chi connectivity index (χ1n) is 8.17. The van der Waals surface area contributed by atoms with Gasteiger partial charge in [0, 0.05) is 25.3 Å². The minimum absolute atomic E-state index is 0. The van der Waals surface area contributed by atoms with Crippen LogP contribution in [0.15, 0.2) is 29.3 Å². The van der Waals surface area contributed by atoms with E-state index in [1.54, 1.807) is 12.1 Å². The van der Waals surface area contributed by atoms with E-state index in [-0.39, 0.29) is 42.2 Å². The van der Waals surface area contributed by atoms with Crippen LogP contribution in [0, 0.1) is 11.7 Å². The van der Waals surface area contributed by atoms with Gasteiger partial charge in [0.05, 0.1) is 0 Å². The smallest absolute Gasteiger partial charge is 0.246 e. The van der Waals surface area contributed by atoms with Crippen molar-refractivity contribution in [3.05, 3.63) is 30.1 Å². The number of benzene rings is 1. The number of carbonyl (C=O) groups is 1. The zero-order valence-electron chi connectivity index (χ0n) is 14.2. The first-order chi connectivity index (χ1) is 11.1. The minimum Gasteiger partial charge on any atom is -0.357 e. The molecule has 1 amide bonds. The van der Waals surface area contributed by atoms with Crippen molar-refractivity contribution in [1.29, 1.82) is 0 Å². The standard InChI is InChI=1S/C17H25FN4O.HI/c1-3-19-17(22-9-5-6-13(2)12-22)20-11-16(23)21-15-8-4-7-14(18)10-15;/h4,7-8,10,13H,3,5-6,9,11-12H2,1-2H3,(H,19,20)(H,21,23);1H. The molecule has 0 aromatic heterocycles. The molecule has 0 spiro atoms. The number of amides is 1. The Balaban J connectivity index is 0.00000288. The number of likely N-dealkylation sites (tertiary alicyclic amines) is 1. The summed E-state index contributed by atoms with van der Waals surface area (Å²) in [6.45, 7) is 6.93. The van der Waals surface area contributed by atoms with E-state index in [1.165, 1.54) is 18.6 Å². The molecular formula is C17H26FIN4O. The number of anilines is 1. The van der Waals surface area contributed by atoms with Crippen molar-refractivity contribution in [2.75, 3.05) is 31.5 Å². The van der Waals surface area contributed by atoms with E-state index < -0.39 is 0 Å². The van der Waals surface area contributed by atoms with Crippen LogP contribution in [0.5, 0.6) is 0 Å². The molecule has 1 aromatic rings. The zero-order valence-corrected chi connectivity index (χ0v) is 16.5. The molecule has 0 radical (unpaired) electrons. The number of guanidine groups is 1. The zero-order chi connectivity index (χ0) is 16.7. The van der Waals surface area contributed by atoms with Crippen molar-refractivity contribution in [2.45, 2.75) is 26.7 Å². The van der Waals surface area contributed by atoms with E-state index in [4.69, 9.17) is 0 Å². The van der Waals surface area contributed by atoms with Crippen molar-refractivity contribution in [3.8, 4) is 0 Å². The highest BCUT2D eigenvalue weighted by molar-refractivity contribution is 14.0. The van der Waals surface area contributed by atoms with Gasteiger partial charge in [-0.1, -0.05) is 13.0 Å². The molecule has 5 nitrogen and oxygen atoms in total. The number of aliphatic imine (C=N–C) groups is 1. The van der Waals surface area contributed by atoms with Gasteiger partial charge in [0.2, 0.25) is 5.91 Å². The summed E-state index contributed by atoms with van der Waals surface area (Å²) < 4.78 is 13.1. The van der Waals surface area contributed by atoms with E-state index >= 15 is 0 Å². The third kappa shape index (κ3) is 6.62. The van der Waals surface area contributed by atoms with E-state index in [1.807, 2.05) is 6.92 Å². The quantitative estimate of drug-likeness (QED) is 0.423. The van der Waals surface area contributed by atoms with Crippen LogP contribution in [0.1, 0.15) is 26.7 Å². The Bertz CT molecular complexity index is 567. The summed E-state index contributed by atoms with van der Waals surface area (Å²) in [5.41, 5.74) is 0.446. The predicted molar refractivity (Wildman–Crippen MR) is 106 cm³/mol. The third-order valence-electron chi connectivity index (χ3n) is 3.77. The Morgan fingerprint density at radius 3 is 2.92 bits per heavy atom. The Morgan fingerprint density at radius 2 is 2.25 bits per heavy atom. The summed E-state index contributed by atoms with van der Waals surface area (Å²) in [7, 11) is 0. The fourth-order valence-electron chi connectivity index (χ4n) is 2.72. The number of halogens is 2. The van der Waals surface area contributed by atoms with E-state index in [0.29, 0.717) is 11.6 Å². The number of nitrogens with zero attached hydrogens (tertiary/aromatic N) is 2. The molecule has 1 heterocycles. The molecule has 2 N–H and O–H groups in total. The van der Waals surface area contributed by atoms with Gasteiger partial charge >= 0.3 is 0 Å². The van der Waals surface area contributed by atoms with Gasteiger partial charge in [0.15, 0.2) is 5.96 Å². The van der Waals surface area contributed by atoms with Gasteiger partial charge < -0.3 is 15.5 Å². The highest BCUT2D eigenvalue weighted by atomic mass is 127. The molecule has 1 unspecified atom stereocenters. The molecule has 0 bridgehead atoms.